The maximum Gasteiger partial charge on any atom is 0.225 e. The molecule has 0 aliphatic carbocycles. The zero-order valence-corrected chi connectivity index (χ0v) is 12.4. The third-order valence-corrected chi connectivity index (χ3v) is 3.81. The quantitative estimate of drug-likeness (QED) is 0.559. The summed E-state index contributed by atoms with van der Waals surface area (Å²) in [6.45, 7) is 0.727. The fourth-order valence-corrected chi connectivity index (χ4v) is 2.78. The summed E-state index contributed by atoms with van der Waals surface area (Å²) in [4.78, 5) is 11.6. The summed E-state index contributed by atoms with van der Waals surface area (Å²) >= 11 is 5.93. The molecule has 0 bridgehead atoms. The molecule has 0 amide bonds. The van der Waals surface area contributed by atoms with E-state index in [-0.39, 0.29) is 5.28 Å². The van der Waals surface area contributed by atoms with Crippen LogP contribution in [0, 0.1) is 0 Å². The van der Waals surface area contributed by atoms with Crippen LogP contribution in [0.5, 0.6) is 0 Å². The first-order valence-electron chi connectivity index (χ1n) is 7.01. The Morgan fingerprint density at radius 1 is 1.18 bits per heavy atom. The zero-order chi connectivity index (χ0) is 14.9. The van der Waals surface area contributed by atoms with Crippen molar-refractivity contribution in [3.8, 4) is 0 Å². The van der Waals surface area contributed by atoms with Crippen LogP contribution in [0.1, 0.15) is 5.56 Å². The first-order valence-corrected chi connectivity index (χ1v) is 7.39. The molecule has 22 heavy (non-hydrogen) atoms. The van der Waals surface area contributed by atoms with Crippen molar-refractivity contribution < 1.29 is 4.42 Å². The van der Waals surface area contributed by atoms with E-state index in [4.69, 9.17) is 16.0 Å². The topological polar surface area (TPSA) is 66.7 Å². The number of furan rings is 1. The molecular weight excluding hydrogens is 300 g/mol. The van der Waals surface area contributed by atoms with Crippen molar-refractivity contribution in [2.24, 2.45) is 0 Å². The first-order chi connectivity index (χ1) is 10.8. The molecule has 0 radical (unpaired) electrons. The number of aromatic amines is 1. The summed E-state index contributed by atoms with van der Waals surface area (Å²) in [5, 5.41) is 4.73. The smallest absolute Gasteiger partial charge is 0.225 e. The molecule has 0 saturated carbocycles. The number of halogens is 1. The number of fused-ring (bicyclic) bond motifs is 2. The number of anilines is 1. The van der Waals surface area contributed by atoms with Gasteiger partial charge in [0.25, 0.3) is 0 Å². The van der Waals surface area contributed by atoms with Gasteiger partial charge in [-0.05, 0) is 29.7 Å². The number of para-hydroxylation sites is 1. The molecule has 0 unspecified atom stereocenters. The number of nitrogens with zero attached hydrogens (tertiary/aromatic N) is 2. The van der Waals surface area contributed by atoms with Crippen LogP contribution in [0.3, 0.4) is 0 Å². The number of benzene rings is 1. The van der Waals surface area contributed by atoms with Crippen molar-refractivity contribution in [2.45, 2.75) is 6.42 Å². The molecule has 110 valence electrons. The van der Waals surface area contributed by atoms with E-state index in [0.29, 0.717) is 16.9 Å². The number of rotatable bonds is 4. The van der Waals surface area contributed by atoms with Crippen LogP contribution in [0.25, 0.3) is 22.0 Å². The second-order valence-electron chi connectivity index (χ2n) is 5.01. The van der Waals surface area contributed by atoms with Gasteiger partial charge in [-0.1, -0.05) is 18.2 Å². The van der Waals surface area contributed by atoms with Gasteiger partial charge in [-0.2, -0.15) is 4.98 Å². The molecule has 3 heterocycles. The van der Waals surface area contributed by atoms with Crippen LogP contribution in [0.4, 0.5) is 5.82 Å². The fourth-order valence-electron chi connectivity index (χ4n) is 2.61. The maximum absolute atomic E-state index is 5.93. The van der Waals surface area contributed by atoms with Gasteiger partial charge in [0, 0.05) is 29.7 Å². The molecule has 4 rings (SSSR count). The second kappa shape index (κ2) is 5.35. The van der Waals surface area contributed by atoms with Crippen molar-refractivity contribution in [1.82, 2.24) is 15.0 Å². The first kappa shape index (κ1) is 13.2. The van der Waals surface area contributed by atoms with E-state index >= 15 is 0 Å². The molecule has 0 fully saturated rings. The van der Waals surface area contributed by atoms with Crippen molar-refractivity contribution >= 4 is 39.4 Å². The lowest BCUT2D eigenvalue weighted by Gasteiger charge is -2.05. The summed E-state index contributed by atoms with van der Waals surface area (Å²) in [7, 11) is 0. The summed E-state index contributed by atoms with van der Waals surface area (Å²) in [6, 6.07) is 10.0. The van der Waals surface area contributed by atoms with Gasteiger partial charge in [0.1, 0.15) is 5.52 Å². The number of H-pyrrole nitrogens is 1. The maximum atomic E-state index is 5.93. The predicted molar refractivity (Wildman–Crippen MR) is 87.3 cm³/mol. The van der Waals surface area contributed by atoms with E-state index in [2.05, 4.69) is 32.4 Å². The van der Waals surface area contributed by atoms with E-state index in [0.717, 1.165) is 18.5 Å². The molecule has 2 N–H and O–H groups in total. The van der Waals surface area contributed by atoms with Gasteiger partial charge >= 0.3 is 0 Å². The van der Waals surface area contributed by atoms with Gasteiger partial charge in [0.05, 0.1) is 6.26 Å². The number of aromatic nitrogens is 3. The molecule has 0 atom stereocenters. The van der Waals surface area contributed by atoms with E-state index in [1.54, 1.807) is 12.3 Å². The standard InChI is InChI=1S/C16H13ClN4O/c17-16-20-13-6-8-22-14(13)15(21-16)18-7-5-10-9-19-12-4-2-1-3-11(10)12/h1-4,6,8-9,19H,5,7H2,(H,18,20,21). The highest BCUT2D eigenvalue weighted by Crippen LogP contribution is 2.23. The minimum atomic E-state index is 0.212. The van der Waals surface area contributed by atoms with Crippen LogP contribution in [-0.4, -0.2) is 21.5 Å². The average molecular weight is 313 g/mol. The zero-order valence-electron chi connectivity index (χ0n) is 11.6. The Bertz CT molecular complexity index is 944. The van der Waals surface area contributed by atoms with Crippen molar-refractivity contribution in [2.75, 3.05) is 11.9 Å². The largest absolute Gasteiger partial charge is 0.459 e. The summed E-state index contributed by atoms with van der Waals surface area (Å²) in [5.41, 5.74) is 3.74. The predicted octanol–water partition coefficient (Wildman–Crippen LogP) is 4.01. The van der Waals surface area contributed by atoms with E-state index < -0.39 is 0 Å². The highest BCUT2D eigenvalue weighted by Gasteiger charge is 2.09. The third kappa shape index (κ3) is 2.29. The van der Waals surface area contributed by atoms with Gasteiger partial charge in [-0.15, -0.1) is 0 Å². The minimum Gasteiger partial charge on any atom is -0.459 e. The fraction of sp³-hybridized carbons (Fsp3) is 0.125. The molecule has 6 heteroatoms. The van der Waals surface area contributed by atoms with Crippen LogP contribution < -0.4 is 5.32 Å². The number of nitrogens with one attached hydrogen (secondary N) is 2. The highest BCUT2D eigenvalue weighted by atomic mass is 35.5. The molecule has 3 aromatic heterocycles. The van der Waals surface area contributed by atoms with Crippen LogP contribution >= 0.6 is 11.6 Å². The summed E-state index contributed by atoms with van der Waals surface area (Å²) in [6.07, 6.45) is 4.50. The highest BCUT2D eigenvalue weighted by molar-refractivity contribution is 6.28. The normalized spacial score (nSPS) is 11.3. The summed E-state index contributed by atoms with van der Waals surface area (Å²) in [5.74, 6) is 0.625. The Labute approximate surface area is 131 Å². The van der Waals surface area contributed by atoms with Gasteiger partial charge < -0.3 is 14.7 Å². The number of hydrogen-bond donors (Lipinski definition) is 2. The molecule has 0 aliphatic rings. The van der Waals surface area contributed by atoms with Gasteiger partial charge in [0.2, 0.25) is 5.28 Å². The van der Waals surface area contributed by atoms with Crippen LogP contribution in [0.2, 0.25) is 5.28 Å². The molecule has 4 aromatic rings. The van der Waals surface area contributed by atoms with E-state index in [9.17, 15) is 0 Å². The molecule has 0 spiro atoms. The Morgan fingerprint density at radius 2 is 2.09 bits per heavy atom. The van der Waals surface area contributed by atoms with E-state index in [1.807, 2.05) is 18.3 Å². The lowest BCUT2D eigenvalue weighted by atomic mass is 10.1. The molecule has 1 aromatic carbocycles. The van der Waals surface area contributed by atoms with Crippen molar-refractivity contribution in [1.29, 1.82) is 0 Å². The Morgan fingerprint density at radius 3 is 3.05 bits per heavy atom. The lowest BCUT2D eigenvalue weighted by molar-refractivity contribution is 0.614. The minimum absolute atomic E-state index is 0.212. The third-order valence-electron chi connectivity index (χ3n) is 3.64. The molecule has 5 nitrogen and oxygen atoms in total. The van der Waals surface area contributed by atoms with Crippen molar-refractivity contribution in [3.05, 3.63) is 53.6 Å². The van der Waals surface area contributed by atoms with Gasteiger partial charge in [-0.3, -0.25) is 0 Å². The molecular formula is C16H13ClN4O. The second-order valence-corrected chi connectivity index (χ2v) is 5.35. The lowest BCUT2D eigenvalue weighted by Crippen LogP contribution is -2.07. The SMILES string of the molecule is Clc1nc(NCCc2c[nH]c3ccccc23)c2occc2n1. The average Bonchev–Trinajstić information content (AvgIpc) is 3.14. The van der Waals surface area contributed by atoms with Crippen molar-refractivity contribution in [3.63, 3.8) is 0 Å². The molecule has 0 saturated heterocycles. The van der Waals surface area contributed by atoms with Crippen LogP contribution in [-0.2, 0) is 6.42 Å². The summed E-state index contributed by atoms with van der Waals surface area (Å²) < 4.78 is 5.41. The Balaban J connectivity index is 1.54. The van der Waals surface area contributed by atoms with E-state index in [1.165, 1.54) is 10.9 Å². The monoisotopic (exact) mass is 312 g/mol. The Hall–Kier alpha value is -2.53. The van der Waals surface area contributed by atoms with Crippen LogP contribution in [0.15, 0.2) is 47.2 Å². The Kier molecular flexibility index (Phi) is 3.20. The van der Waals surface area contributed by atoms with Gasteiger partial charge in [0.15, 0.2) is 11.4 Å². The molecule has 0 aliphatic heterocycles. The van der Waals surface area contributed by atoms with Gasteiger partial charge in [-0.25, -0.2) is 4.98 Å². The number of hydrogen-bond acceptors (Lipinski definition) is 4.